The fourth-order valence-corrected chi connectivity index (χ4v) is 2.89. The summed E-state index contributed by atoms with van der Waals surface area (Å²) < 4.78 is 16.1. The largest absolute Gasteiger partial charge is 0.493 e. The van der Waals surface area contributed by atoms with Crippen LogP contribution in [-0.4, -0.2) is 32.1 Å². The van der Waals surface area contributed by atoms with Gasteiger partial charge in [0, 0.05) is 6.08 Å². The molecular formula is C24H24N2O5. The summed E-state index contributed by atoms with van der Waals surface area (Å²) in [7, 11) is 3.09. The molecule has 0 aliphatic heterocycles. The van der Waals surface area contributed by atoms with Gasteiger partial charge in [-0.15, -0.1) is 0 Å². The van der Waals surface area contributed by atoms with Crippen LogP contribution in [0.1, 0.15) is 12.5 Å². The molecule has 0 heterocycles. The minimum Gasteiger partial charge on any atom is -0.493 e. The lowest BCUT2D eigenvalue weighted by Crippen LogP contribution is -2.46. The molecule has 3 aromatic carbocycles. The van der Waals surface area contributed by atoms with Gasteiger partial charge in [-0.05, 0) is 53.6 Å². The van der Waals surface area contributed by atoms with E-state index in [-0.39, 0.29) is 0 Å². The average molecular weight is 420 g/mol. The predicted molar refractivity (Wildman–Crippen MR) is 119 cm³/mol. The monoisotopic (exact) mass is 420 g/mol. The number of amides is 2. The van der Waals surface area contributed by atoms with E-state index in [1.54, 1.807) is 44.4 Å². The molecule has 3 aromatic rings. The highest BCUT2D eigenvalue weighted by Crippen LogP contribution is 2.28. The Kier molecular flexibility index (Phi) is 7.11. The van der Waals surface area contributed by atoms with Gasteiger partial charge >= 0.3 is 0 Å². The van der Waals surface area contributed by atoms with Crippen molar-refractivity contribution in [2.75, 3.05) is 14.2 Å². The number of hydrogen-bond acceptors (Lipinski definition) is 5. The van der Waals surface area contributed by atoms with Gasteiger partial charge in [-0.25, -0.2) is 0 Å². The van der Waals surface area contributed by atoms with E-state index in [1.165, 1.54) is 13.2 Å². The molecule has 0 radical (unpaired) electrons. The van der Waals surface area contributed by atoms with Crippen molar-refractivity contribution in [3.63, 3.8) is 0 Å². The third-order valence-corrected chi connectivity index (χ3v) is 4.55. The van der Waals surface area contributed by atoms with E-state index in [0.29, 0.717) is 17.2 Å². The Morgan fingerprint density at radius 1 is 0.871 bits per heavy atom. The van der Waals surface area contributed by atoms with Gasteiger partial charge < -0.3 is 14.2 Å². The lowest BCUT2D eigenvalue weighted by Gasteiger charge is -2.15. The van der Waals surface area contributed by atoms with Crippen LogP contribution in [0.4, 0.5) is 0 Å². The molecule has 2 amide bonds. The molecule has 2 N–H and O–H groups in total. The van der Waals surface area contributed by atoms with Crippen LogP contribution in [0.15, 0.2) is 66.7 Å². The Balaban J connectivity index is 1.52. The molecule has 0 bridgehead atoms. The smallest absolute Gasteiger partial charge is 0.279 e. The van der Waals surface area contributed by atoms with Crippen LogP contribution in [0, 0.1) is 0 Å². The molecule has 0 saturated carbocycles. The second-order valence-electron chi connectivity index (χ2n) is 6.70. The van der Waals surface area contributed by atoms with E-state index in [2.05, 4.69) is 10.9 Å². The summed E-state index contributed by atoms with van der Waals surface area (Å²) in [5.41, 5.74) is 5.44. The van der Waals surface area contributed by atoms with Crippen molar-refractivity contribution in [3.05, 3.63) is 72.3 Å². The Labute approximate surface area is 180 Å². The topological polar surface area (TPSA) is 85.9 Å². The van der Waals surface area contributed by atoms with Crippen molar-refractivity contribution >= 4 is 28.7 Å². The number of rotatable bonds is 7. The highest BCUT2D eigenvalue weighted by Gasteiger charge is 2.15. The van der Waals surface area contributed by atoms with Crippen molar-refractivity contribution in [2.45, 2.75) is 13.0 Å². The van der Waals surface area contributed by atoms with E-state index in [9.17, 15) is 9.59 Å². The first kappa shape index (κ1) is 21.7. The van der Waals surface area contributed by atoms with Crippen LogP contribution in [0.3, 0.4) is 0 Å². The number of ether oxygens (including phenoxy) is 3. The van der Waals surface area contributed by atoms with Gasteiger partial charge in [-0.2, -0.15) is 0 Å². The van der Waals surface area contributed by atoms with E-state index in [0.717, 1.165) is 16.3 Å². The average Bonchev–Trinajstić information content (AvgIpc) is 2.80. The number of fused-ring (bicyclic) bond motifs is 1. The van der Waals surface area contributed by atoms with Crippen LogP contribution in [0.25, 0.3) is 16.8 Å². The first-order valence-corrected chi connectivity index (χ1v) is 9.65. The zero-order valence-electron chi connectivity index (χ0n) is 17.5. The number of hydrazine groups is 1. The van der Waals surface area contributed by atoms with Crippen LogP contribution in [0.2, 0.25) is 0 Å². The van der Waals surface area contributed by atoms with Crippen LogP contribution < -0.4 is 25.1 Å². The van der Waals surface area contributed by atoms with Crippen LogP contribution in [0.5, 0.6) is 17.2 Å². The third kappa shape index (κ3) is 5.76. The number of nitrogens with one attached hydrogen (secondary N) is 2. The fourth-order valence-electron chi connectivity index (χ4n) is 2.89. The maximum atomic E-state index is 12.2. The molecule has 0 spiro atoms. The van der Waals surface area contributed by atoms with Gasteiger partial charge in [-0.1, -0.05) is 36.4 Å². The number of benzene rings is 3. The first-order valence-electron chi connectivity index (χ1n) is 9.65. The number of hydrogen-bond donors (Lipinski definition) is 2. The molecule has 0 aromatic heterocycles. The highest BCUT2D eigenvalue weighted by molar-refractivity contribution is 5.93. The van der Waals surface area contributed by atoms with E-state index >= 15 is 0 Å². The zero-order chi connectivity index (χ0) is 22.2. The molecule has 0 aliphatic rings. The predicted octanol–water partition coefficient (Wildman–Crippen LogP) is 3.49. The lowest BCUT2D eigenvalue weighted by molar-refractivity contribution is -0.131. The summed E-state index contributed by atoms with van der Waals surface area (Å²) >= 11 is 0. The number of carbonyl (C=O) groups excluding carboxylic acids is 2. The summed E-state index contributed by atoms with van der Waals surface area (Å²) in [5, 5.41) is 2.10. The number of methoxy groups -OCH3 is 2. The second-order valence-corrected chi connectivity index (χ2v) is 6.70. The van der Waals surface area contributed by atoms with Gasteiger partial charge in [0.1, 0.15) is 5.75 Å². The standard InChI is InChI=1S/C24H24N2O5/c1-16(31-20-11-10-18-6-4-5-7-19(18)15-20)24(28)26-25-23(27)13-9-17-8-12-21(29-2)22(14-17)30-3/h4-16H,1-3H3,(H,25,27)(H,26,28)/b13-9+/t16-/m1/s1. The van der Waals surface area contributed by atoms with E-state index < -0.39 is 17.9 Å². The van der Waals surface area contributed by atoms with E-state index in [4.69, 9.17) is 14.2 Å². The van der Waals surface area contributed by atoms with Crippen LogP contribution in [-0.2, 0) is 9.59 Å². The SMILES string of the molecule is COc1ccc(/C=C/C(=O)NNC(=O)[C@@H](C)Oc2ccc3ccccc3c2)cc1OC. The van der Waals surface area contributed by atoms with Gasteiger partial charge in [0.2, 0.25) is 0 Å². The van der Waals surface area contributed by atoms with E-state index in [1.807, 2.05) is 36.4 Å². The molecule has 1 atom stereocenters. The van der Waals surface area contributed by atoms with Crippen molar-refractivity contribution in [3.8, 4) is 17.2 Å². The molecular weight excluding hydrogens is 396 g/mol. The summed E-state index contributed by atoms with van der Waals surface area (Å²) in [6.07, 6.45) is 2.10. The second kappa shape index (κ2) is 10.2. The fraction of sp³-hybridized carbons (Fsp3) is 0.167. The maximum Gasteiger partial charge on any atom is 0.279 e. The molecule has 0 fully saturated rings. The van der Waals surface area contributed by atoms with Crippen molar-refractivity contribution in [2.24, 2.45) is 0 Å². The summed E-state index contributed by atoms with van der Waals surface area (Å²) in [5.74, 6) is 0.762. The molecule has 31 heavy (non-hydrogen) atoms. The molecule has 3 rings (SSSR count). The van der Waals surface area contributed by atoms with Gasteiger partial charge in [-0.3, -0.25) is 20.4 Å². The molecule has 0 aliphatic carbocycles. The molecule has 0 unspecified atom stereocenters. The van der Waals surface area contributed by atoms with Crippen molar-refractivity contribution in [1.82, 2.24) is 10.9 Å². The zero-order valence-corrected chi connectivity index (χ0v) is 17.5. The summed E-state index contributed by atoms with van der Waals surface area (Å²) in [4.78, 5) is 24.3. The minimum atomic E-state index is -0.795. The molecule has 7 nitrogen and oxygen atoms in total. The Morgan fingerprint density at radius 2 is 1.61 bits per heavy atom. The molecule has 160 valence electrons. The summed E-state index contributed by atoms with van der Waals surface area (Å²) in [6.45, 7) is 1.61. The normalized spacial score (nSPS) is 11.7. The summed E-state index contributed by atoms with van der Waals surface area (Å²) in [6, 6.07) is 18.7. The molecule has 0 saturated heterocycles. The first-order chi connectivity index (χ1) is 15.0. The maximum absolute atomic E-state index is 12.2. The third-order valence-electron chi connectivity index (χ3n) is 4.55. The Hall–Kier alpha value is -4.00. The lowest BCUT2D eigenvalue weighted by atomic mass is 10.1. The Morgan fingerprint density at radius 3 is 2.35 bits per heavy atom. The Bertz CT molecular complexity index is 1110. The van der Waals surface area contributed by atoms with Crippen molar-refractivity contribution < 1.29 is 23.8 Å². The van der Waals surface area contributed by atoms with Gasteiger partial charge in [0.05, 0.1) is 14.2 Å². The number of carbonyl (C=O) groups is 2. The van der Waals surface area contributed by atoms with Gasteiger partial charge in [0.25, 0.3) is 11.8 Å². The van der Waals surface area contributed by atoms with Crippen LogP contribution >= 0.6 is 0 Å². The highest BCUT2D eigenvalue weighted by atomic mass is 16.5. The minimum absolute atomic E-state index is 0.471. The van der Waals surface area contributed by atoms with Crippen molar-refractivity contribution in [1.29, 1.82) is 0 Å². The quantitative estimate of drug-likeness (QED) is 0.451. The van der Waals surface area contributed by atoms with Gasteiger partial charge in [0.15, 0.2) is 17.6 Å². The molecule has 7 heteroatoms.